The summed E-state index contributed by atoms with van der Waals surface area (Å²) >= 11 is 4.56. The molecule has 0 aliphatic carbocycles. The molecule has 0 fully saturated rings. The number of nitrogens with zero attached hydrogens (tertiary/aromatic N) is 4. The summed E-state index contributed by atoms with van der Waals surface area (Å²) in [7, 11) is 13.8. The number of hydrogen-bond acceptors (Lipinski definition) is 28. The first kappa shape index (κ1) is 93.9. The Morgan fingerprint density at radius 3 is 1.15 bits per heavy atom. The lowest BCUT2D eigenvalue weighted by Gasteiger charge is -2.26. The Hall–Kier alpha value is -4.46. The van der Waals surface area contributed by atoms with Crippen molar-refractivity contribution in [1.29, 1.82) is 5.41 Å². The van der Waals surface area contributed by atoms with Gasteiger partial charge < -0.3 is 34.2 Å². The Balaban J connectivity index is -0.000000110. The second-order valence-electron chi connectivity index (χ2n) is 21.7. The molecule has 0 radical (unpaired) electrons. The van der Waals surface area contributed by atoms with Gasteiger partial charge in [0.15, 0.2) is 5.17 Å². The van der Waals surface area contributed by atoms with Gasteiger partial charge in [-0.1, -0.05) is 27.7 Å². The number of alkyl halides is 1. The Morgan fingerprint density at radius 2 is 0.927 bits per heavy atom. The van der Waals surface area contributed by atoms with E-state index in [2.05, 4.69) is 91.4 Å². The van der Waals surface area contributed by atoms with Crippen LogP contribution in [0.5, 0.6) is 0 Å². The summed E-state index contributed by atoms with van der Waals surface area (Å²) in [6.45, 7) is 33.8. The highest BCUT2D eigenvalue weighted by Gasteiger charge is 2.27. The molecule has 0 aromatic rings. The molecule has 0 spiro atoms. The number of nitrogens with two attached hydrogens (primary N) is 3. The summed E-state index contributed by atoms with van der Waals surface area (Å²) in [4.78, 5) is 73.4. The van der Waals surface area contributed by atoms with E-state index in [1.54, 1.807) is 73.2 Å². The van der Waals surface area contributed by atoms with Crippen LogP contribution in [0.4, 0.5) is 0 Å². The maximum atomic E-state index is 11.7. The fourth-order valence-corrected chi connectivity index (χ4v) is 4.39. The van der Waals surface area contributed by atoms with E-state index in [-0.39, 0.29) is 79.8 Å². The number of carboxylic acid groups (broad SMARTS) is 1. The van der Waals surface area contributed by atoms with E-state index >= 15 is 0 Å². The first-order chi connectivity index (χ1) is 37.2. The molecule has 0 unspecified atom stereocenters. The molecule has 490 valence electrons. The van der Waals surface area contributed by atoms with Crippen LogP contribution in [0, 0.1) is 10.8 Å². The SMILES string of the molecule is CC(C)(C)OC(=O)C(C)(C)C.CC(C)(C)OC(=O)CBr.CN=C(CNNC)N(CC(=O)OC(C)(C)C)NC.CN=C(NNC)SC.CNN.CNNCC(=O)OC(C)(C)C.CNNCC(=O)OC(C)(C)C.N=C(CNN)N(N)CC(=O)O.[H+]. The van der Waals surface area contributed by atoms with Crippen LogP contribution >= 0.6 is 27.7 Å². The third-order valence-electron chi connectivity index (χ3n) is 6.72. The topological polar surface area (TPSA) is 434 Å². The van der Waals surface area contributed by atoms with Crippen molar-refractivity contribution in [3.8, 4) is 0 Å². The lowest BCUT2D eigenvalue weighted by atomic mass is 9.97. The number of carbonyl (C=O) groups excluding carboxylic acids is 5. The second kappa shape index (κ2) is 53.3. The number of rotatable bonds is 18. The molecule has 0 amide bonds. The molecule has 0 aliphatic heterocycles. The molecular formula is C49H115BrN19O12S+. The van der Waals surface area contributed by atoms with Crippen molar-refractivity contribution in [2.75, 3.05) is 107 Å². The highest BCUT2D eigenvalue weighted by molar-refractivity contribution is 9.09. The van der Waals surface area contributed by atoms with Crippen LogP contribution in [0.3, 0.4) is 0 Å². The van der Waals surface area contributed by atoms with E-state index in [9.17, 15) is 28.8 Å². The van der Waals surface area contributed by atoms with Crippen LogP contribution in [-0.4, -0.2) is 203 Å². The standard InChI is InChI=1S/C11H25N5O2.C9H18O2.2C7H16N2O2.C6H11BrO2.C4H11N5O2.C4H11N3S.CH6N2/c1-11(2,3)18-10(17)8-16(14-6)9(12-4)7-15-13-5;1-8(2,3)7(10)11-9(4,5)6;2*1-7(2,3)11-6(10)5-9-8-4;1-6(2,3)9-5(8)4-7;5-3(1-8-6)9(7)2-4(10)11;1-5-4(8-3)7-6-2;1-3-2/h13-15H,7-8H2,1-6H3;1-6H3;2*8-9H,5H2,1-4H3;4H2,1-3H3;5,8H,1-2,6-7H2,(H,10,11);6H,1-3H3,(H,5,7);3H,2H2,1H3/p+1. The summed E-state index contributed by atoms with van der Waals surface area (Å²) in [5.41, 5.74) is 26.8. The molecule has 0 aromatic carbocycles. The highest BCUT2D eigenvalue weighted by atomic mass is 79.9. The van der Waals surface area contributed by atoms with Crippen molar-refractivity contribution in [2.24, 2.45) is 32.9 Å². The molecule has 0 rings (SSSR count). The van der Waals surface area contributed by atoms with Gasteiger partial charge in [0.25, 0.3) is 0 Å². The molecule has 0 saturated heterocycles. The van der Waals surface area contributed by atoms with E-state index in [0.717, 1.165) is 10.2 Å². The summed E-state index contributed by atoms with van der Waals surface area (Å²) in [6.07, 6.45) is 1.96. The maximum absolute atomic E-state index is 11.7. The van der Waals surface area contributed by atoms with Crippen LogP contribution in [0.15, 0.2) is 9.98 Å². The minimum Gasteiger partial charge on any atom is -0.480 e. The lowest BCUT2D eigenvalue weighted by Crippen LogP contribution is -2.50. The van der Waals surface area contributed by atoms with Gasteiger partial charge >= 0.3 is 37.2 Å². The molecule has 0 saturated carbocycles. The van der Waals surface area contributed by atoms with Crippen LogP contribution < -0.4 is 77.2 Å². The molecule has 19 N–H and O–H groups in total. The maximum Gasteiger partial charge on any atom is 1.00 e. The van der Waals surface area contributed by atoms with Gasteiger partial charge in [0, 0.05) is 28.2 Å². The Kier molecular flexibility index (Phi) is 61.0. The number of nitrogens with one attached hydrogen (secondary N) is 12. The molecule has 0 aliphatic rings. The van der Waals surface area contributed by atoms with Crippen LogP contribution in [-0.2, 0) is 52.5 Å². The zero-order valence-electron chi connectivity index (χ0n) is 55.7. The van der Waals surface area contributed by atoms with Gasteiger partial charge in [-0.05, 0) is 159 Å². The summed E-state index contributed by atoms with van der Waals surface area (Å²) < 4.78 is 25.3. The van der Waals surface area contributed by atoms with Crippen LogP contribution in [0.2, 0.25) is 0 Å². The molecule has 33 heteroatoms. The Morgan fingerprint density at radius 1 is 0.573 bits per heavy atom. The van der Waals surface area contributed by atoms with E-state index < -0.39 is 34.7 Å². The Labute approximate surface area is 505 Å². The van der Waals surface area contributed by atoms with Crippen molar-refractivity contribution >= 4 is 80.3 Å². The quantitative estimate of drug-likeness (QED) is 0.0170. The lowest BCUT2D eigenvalue weighted by molar-refractivity contribution is -0.164. The van der Waals surface area contributed by atoms with E-state index in [0.29, 0.717) is 12.4 Å². The van der Waals surface area contributed by atoms with E-state index in [1.165, 1.54) is 0 Å². The van der Waals surface area contributed by atoms with Gasteiger partial charge in [0.2, 0.25) is 0 Å². The minimum absolute atomic E-state index is 0. The molecule has 82 heavy (non-hydrogen) atoms. The third kappa shape index (κ3) is 84.3. The number of aliphatic carboxylic acids is 1. The van der Waals surface area contributed by atoms with Crippen LogP contribution in [0.25, 0.3) is 0 Å². The predicted molar refractivity (Wildman–Crippen MR) is 335 cm³/mol. The average molecular weight is 1270 g/mol. The largest absolute Gasteiger partial charge is 1.00 e. The third-order valence-corrected chi connectivity index (χ3v) is 7.85. The minimum atomic E-state index is -1.09. The number of esters is 5. The van der Waals surface area contributed by atoms with E-state index in [4.69, 9.17) is 45.9 Å². The van der Waals surface area contributed by atoms with Crippen LogP contribution in [0.1, 0.15) is 126 Å². The number of carboxylic acids is 1. The van der Waals surface area contributed by atoms with Gasteiger partial charge in [-0.15, -0.1) is 0 Å². The monoisotopic (exact) mass is 1270 g/mol. The number of ether oxygens (including phenoxy) is 5. The van der Waals surface area contributed by atoms with E-state index in [1.807, 2.05) is 131 Å². The van der Waals surface area contributed by atoms with Gasteiger partial charge in [-0.25, -0.2) is 27.5 Å². The fraction of sp³-hybridized carbons (Fsp3) is 0.816. The normalized spacial score (nSPS) is 11.3. The summed E-state index contributed by atoms with van der Waals surface area (Å²) in [5, 5.41) is 18.9. The second-order valence-corrected chi connectivity index (χ2v) is 23.1. The molecular weight excluding hydrogens is 1160 g/mol. The Bertz CT molecular complexity index is 1730. The number of thioether (sulfide) groups is 1. The number of aliphatic imine (C=N–C) groups is 2. The van der Waals surface area contributed by atoms with Crippen molar-refractivity contribution in [3.63, 3.8) is 0 Å². The molecule has 0 heterocycles. The van der Waals surface area contributed by atoms with Crippen molar-refractivity contribution in [2.45, 2.75) is 153 Å². The highest BCUT2D eigenvalue weighted by Crippen LogP contribution is 2.20. The molecule has 0 bridgehead atoms. The first-order valence-corrected chi connectivity index (χ1v) is 27.8. The van der Waals surface area contributed by atoms with Gasteiger partial charge in [-0.2, -0.15) is 0 Å². The number of amidine groups is 3. The summed E-state index contributed by atoms with van der Waals surface area (Å²) in [5.74, 6) is 13.0. The number of hydrogen-bond donors (Lipinski definition) is 16. The van der Waals surface area contributed by atoms with Gasteiger partial charge in [0.05, 0.1) is 18.5 Å². The van der Waals surface area contributed by atoms with Gasteiger partial charge in [-0.3, -0.25) is 98.4 Å². The molecule has 0 atom stereocenters. The summed E-state index contributed by atoms with van der Waals surface area (Å²) in [6, 6.07) is 0. The predicted octanol–water partition coefficient (Wildman–Crippen LogP) is 0.657. The fourth-order valence-electron chi connectivity index (χ4n) is 3.89. The number of halogens is 1. The zero-order chi connectivity index (χ0) is 66.7. The van der Waals surface area contributed by atoms with Gasteiger partial charge in [0.1, 0.15) is 71.2 Å². The van der Waals surface area contributed by atoms with Crippen molar-refractivity contribution < 1.29 is 59.0 Å². The zero-order valence-corrected chi connectivity index (χ0v) is 57.1. The average Bonchev–Trinajstić information content (AvgIpc) is 3.30. The number of hydrazine groups is 8. The molecule has 0 aromatic heterocycles. The smallest absolute Gasteiger partial charge is 0.480 e. The number of carbonyl (C=O) groups is 6. The first-order valence-electron chi connectivity index (χ1n) is 25.5. The van der Waals surface area contributed by atoms with Crippen molar-refractivity contribution in [3.05, 3.63) is 0 Å². The van der Waals surface area contributed by atoms with Crippen molar-refractivity contribution in [1.82, 2.24) is 69.7 Å². The molecule has 31 nitrogen and oxygen atoms in total.